The lowest BCUT2D eigenvalue weighted by Gasteiger charge is -1.98. The fourth-order valence-electron chi connectivity index (χ4n) is 0.710. The molecular weight excluding hydrogens is 183 g/mol. The molecule has 1 aromatic rings. The summed E-state index contributed by atoms with van der Waals surface area (Å²) in [7, 11) is 1.43. The van der Waals surface area contributed by atoms with E-state index in [1.165, 1.54) is 13.1 Å². The van der Waals surface area contributed by atoms with Crippen LogP contribution in [0.25, 0.3) is 0 Å². The molecule has 3 nitrogen and oxygen atoms in total. The molecule has 12 heavy (non-hydrogen) atoms. The number of aromatic nitrogens is 1. The van der Waals surface area contributed by atoms with Gasteiger partial charge in [0.1, 0.15) is 5.69 Å². The van der Waals surface area contributed by atoms with Crippen molar-refractivity contribution in [2.75, 3.05) is 7.05 Å². The molecule has 0 saturated carbocycles. The Morgan fingerprint density at radius 3 is 2.83 bits per heavy atom. The first kappa shape index (κ1) is 8.93. The van der Waals surface area contributed by atoms with Gasteiger partial charge >= 0.3 is 0 Å². The van der Waals surface area contributed by atoms with Gasteiger partial charge in [0, 0.05) is 18.1 Å². The van der Waals surface area contributed by atoms with Gasteiger partial charge in [-0.1, -0.05) is 11.6 Å². The molecule has 1 N–H and O–H groups in total. The summed E-state index contributed by atoms with van der Waals surface area (Å²) in [4.78, 5) is 14.3. The third-order valence-corrected chi connectivity index (χ3v) is 1.44. The number of carbonyl (C=O) groups is 1. The number of rotatable bonds is 1. The van der Waals surface area contributed by atoms with Gasteiger partial charge in [-0.15, -0.1) is 0 Å². The van der Waals surface area contributed by atoms with Crippen molar-refractivity contribution in [2.45, 2.75) is 0 Å². The molecule has 1 heterocycles. The summed E-state index contributed by atoms with van der Waals surface area (Å²) >= 11 is 5.49. The maximum absolute atomic E-state index is 12.5. The summed E-state index contributed by atoms with van der Waals surface area (Å²) in [5.41, 5.74) is -0.0255. The Morgan fingerprint density at radius 1 is 1.67 bits per heavy atom. The number of pyridine rings is 1. The van der Waals surface area contributed by atoms with Crippen LogP contribution in [-0.4, -0.2) is 17.9 Å². The predicted molar refractivity (Wildman–Crippen MR) is 42.6 cm³/mol. The summed E-state index contributed by atoms with van der Waals surface area (Å²) in [6.07, 6.45) is 0. The molecule has 0 aromatic carbocycles. The van der Waals surface area contributed by atoms with Crippen molar-refractivity contribution >= 4 is 17.5 Å². The Labute approximate surface area is 73.6 Å². The second kappa shape index (κ2) is 3.49. The SMILES string of the molecule is CNC(=O)c1cc(Cl)cc(F)n1. The van der Waals surface area contributed by atoms with Crippen molar-refractivity contribution < 1.29 is 9.18 Å². The van der Waals surface area contributed by atoms with Gasteiger partial charge in [-0.2, -0.15) is 4.39 Å². The molecule has 5 heteroatoms. The highest BCUT2D eigenvalue weighted by Gasteiger charge is 2.07. The largest absolute Gasteiger partial charge is 0.354 e. The van der Waals surface area contributed by atoms with Crippen molar-refractivity contribution in [2.24, 2.45) is 0 Å². The molecule has 0 saturated heterocycles. The van der Waals surface area contributed by atoms with Crippen molar-refractivity contribution in [3.63, 3.8) is 0 Å². The average Bonchev–Trinajstić information content (AvgIpc) is 2.01. The number of hydrogen-bond acceptors (Lipinski definition) is 2. The smallest absolute Gasteiger partial charge is 0.269 e. The Morgan fingerprint density at radius 2 is 2.33 bits per heavy atom. The van der Waals surface area contributed by atoms with E-state index >= 15 is 0 Å². The monoisotopic (exact) mass is 188 g/mol. The number of amides is 1. The number of carbonyl (C=O) groups excluding carboxylic acids is 1. The summed E-state index contributed by atoms with van der Waals surface area (Å²) in [6, 6.07) is 2.33. The van der Waals surface area contributed by atoms with Crippen LogP contribution in [0.3, 0.4) is 0 Å². The summed E-state index contributed by atoms with van der Waals surface area (Å²) in [5, 5.41) is 2.46. The van der Waals surface area contributed by atoms with Crippen LogP contribution in [0.5, 0.6) is 0 Å². The normalized spacial score (nSPS) is 9.58. The van der Waals surface area contributed by atoms with Crippen LogP contribution in [0.15, 0.2) is 12.1 Å². The molecule has 0 atom stereocenters. The second-order valence-electron chi connectivity index (χ2n) is 2.07. The molecule has 0 aliphatic rings. The van der Waals surface area contributed by atoms with Crippen LogP contribution in [-0.2, 0) is 0 Å². The van der Waals surface area contributed by atoms with Crippen molar-refractivity contribution in [1.29, 1.82) is 0 Å². The standard InChI is InChI=1S/C7H6ClFN2O/c1-10-7(12)5-2-4(8)3-6(9)11-5/h2-3H,1H3,(H,10,12). The lowest BCUT2D eigenvalue weighted by molar-refractivity contribution is 0.0957. The van der Waals surface area contributed by atoms with Crippen molar-refractivity contribution in [3.8, 4) is 0 Å². The van der Waals surface area contributed by atoms with E-state index in [4.69, 9.17) is 11.6 Å². The zero-order valence-electron chi connectivity index (χ0n) is 6.27. The second-order valence-corrected chi connectivity index (χ2v) is 2.51. The van der Waals surface area contributed by atoms with Crippen LogP contribution in [0.4, 0.5) is 4.39 Å². The molecule has 0 spiro atoms. The minimum Gasteiger partial charge on any atom is -0.354 e. The highest BCUT2D eigenvalue weighted by Crippen LogP contribution is 2.10. The molecule has 0 unspecified atom stereocenters. The van der Waals surface area contributed by atoms with E-state index in [1.807, 2.05) is 0 Å². The first-order chi connectivity index (χ1) is 5.63. The number of nitrogens with one attached hydrogen (secondary N) is 1. The minimum atomic E-state index is -0.763. The highest BCUT2D eigenvalue weighted by atomic mass is 35.5. The third kappa shape index (κ3) is 1.92. The third-order valence-electron chi connectivity index (χ3n) is 1.22. The van der Waals surface area contributed by atoms with Gasteiger partial charge in [-0.05, 0) is 6.07 Å². The van der Waals surface area contributed by atoms with Crippen LogP contribution in [0.1, 0.15) is 10.5 Å². The molecular formula is C7H6ClFN2O. The minimum absolute atomic E-state index is 0.0255. The van der Waals surface area contributed by atoms with E-state index in [0.29, 0.717) is 0 Å². The highest BCUT2D eigenvalue weighted by molar-refractivity contribution is 6.30. The lowest BCUT2D eigenvalue weighted by Crippen LogP contribution is -2.19. The van der Waals surface area contributed by atoms with Crippen molar-refractivity contribution in [3.05, 3.63) is 28.8 Å². The zero-order chi connectivity index (χ0) is 9.14. The molecule has 1 rings (SSSR count). The van der Waals surface area contributed by atoms with E-state index in [1.54, 1.807) is 0 Å². The molecule has 0 radical (unpaired) electrons. The van der Waals surface area contributed by atoms with E-state index < -0.39 is 11.9 Å². The number of halogens is 2. The van der Waals surface area contributed by atoms with Gasteiger partial charge in [0.2, 0.25) is 5.95 Å². The first-order valence-electron chi connectivity index (χ1n) is 3.18. The van der Waals surface area contributed by atoms with Gasteiger partial charge in [0.15, 0.2) is 0 Å². The Kier molecular flexibility index (Phi) is 2.60. The van der Waals surface area contributed by atoms with E-state index in [-0.39, 0.29) is 10.7 Å². The lowest BCUT2D eigenvalue weighted by atomic mass is 10.3. The summed E-state index contributed by atoms with van der Waals surface area (Å²) < 4.78 is 12.5. The Balaban J connectivity index is 3.08. The Bertz CT molecular complexity index is 296. The molecule has 64 valence electrons. The van der Waals surface area contributed by atoms with Crippen LogP contribution in [0, 0.1) is 5.95 Å². The predicted octanol–water partition coefficient (Wildman–Crippen LogP) is 1.23. The van der Waals surface area contributed by atoms with Gasteiger partial charge in [0.25, 0.3) is 5.91 Å². The number of hydrogen-bond donors (Lipinski definition) is 1. The molecule has 0 fully saturated rings. The van der Waals surface area contributed by atoms with Gasteiger partial charge < -0.3 is 5.32 Å². The van der Waals surface area contributed by atoms with E-state index in [9.17, 15) is 9.18 Å². The zero-order valence-corrected chi connectivity index (χ0v) is 7.02. The van der Waals surface area contributed by atoms with Gasteiger partial charge in [-0.3, -0.25) is 4.79 Å². The van der Waals surface area contributed by atoms with E-state index in [0.717, 1.165) is 6.07 Å². The van der Waals surface area contributed by atoms with Gasteiger partial charge in [-0.25, -0.2) is 4.98 Å². The average molecular weight is 189 g/mol. The summed E-state index contributed by atoms with van der Waals surface area (Å²) in [6.45, 7) is 0. The first-order valence-corrected chi connectivity index (χ1v) is 3.56. The van der Waals surface area contributed by atoms with Crippen LogP contribution in [0.2, 0.25) is 5.02 Å². The fraction of sp³-hybridized carbons (Fsp3) is 0.143. The molecule has 0 aliphatic carbocycles. The van der Waals surface area contributed by atoms with Crippen LogP contribution >= 0.6 is 11.6 Å². The van der Waals surface area contributed by atoms with Crippen molar-refractivity contribution in [1.82, 2.24) is 10.3 Å². The van der Waals surface area contributed by atoms with E-state index in [2.05, 4.69) is 10.3 Å². The van der Waals surface area contributed by atoms with Crippen LogP contribution < -0.4 is 5.32 Å². The topological polar surface area (TPSA) is 42.0 Å². The molecule has 0 bridgehead atoms. The molecule has 1 aromatic heterocycles. The fourth-order valence-corrected chi connectivity index (χ4v) is 0.903. The quantitative estimate of drug-likeness (QED) is 0.674. The Hall–Kier alpha value is -1.16. The summed E-state index contributed by atoms with van der Waals surface area (Å²) in [5.74, 6) is -1.22. The van der Waals surface area contributed by atoms with Gasteiger partial charge in [0.05, 0.1) is 0 Å². The number of nitrogens with zero attached hydrogens (tertiary/aromatic N) is 1. The molecule has 0 aliphatic heterocycles. The maximum atomic E-state index is 12.5. The maximum Gasteiger partial charge on any atom is 0.269 e. The molecule has 1 amide bonds.